The lowest BCUT2D eigenvalue weighted by Crippen LogP contribution is -2.37. The molecule has 0 spiro atoms. The van der Waals surface area contributed by atoms with Gasteiger partial charge < -0.3 is 5.32 Å². The first-order valence-corrected chi connectivity index (χ1v) is 9.94. The van der Waals surface area contributed by atoms with E-state index in [2.05, 4.69) is 36.5 Å². The van der Waals surface area contributed by atoms with Crippen LogP contribution in [0.4, 0.5) is 4.79 Å². The Kier molecular flexibility index (Phi) is 6.64. The molecule has 1 aliphatic rings. The zero-order valence-corrected chi connectivity index (χ0v) is 16.3. The van der Waals surface area contributed by atoms with Gasteiger partial charge in [-0.3, -0.25) is 0 Å². The van der Waals surface area contributed by atoms with E-state index in [1.807, 2.05) is 43.3 Å². The summed E-state index contributed by atoms with van der Waals surface area (Å²) >= 11 is 0. The third-order valence-corrected chi connectivity index (χ3v) is 5.12. The number of hydrogen-bond donors (Lipinski definition) is 1. The van der Waals surface area contributed by atoms with Crippen LogP contribution in [0.1, 0.15) is 62.6 Å². The first-order valence-electron chi connectivity index (χ1n) is 9.94. The second kappa shape index (κ2) is 9.36. The highest BCUT2D eigenvalue weighted by atomic mass is 16.2. The van der Waals surface area contributed by atoms with E-state index < -0.39 is 0 Å². The molecule has 142 valence electrons. The van der Waals surface area contributed by atoms with Gasteiger partial charge in [-0.15, -0.1) is 0 Å². The Bertz CT molecular complexity index is 758. The van der Waals surface area contributed by atoms with Crippen LogP contribution in [0.3, 0.4) is 0 Å². The van der Waals surface area contributed by atoms with Crippen LogP contribution in [0.15, 0.2) is 65.8 Å². The second-order valence-electron chi connectivity index (χ2n) is 7.18. The van der Waals surface area contributed by atoms with Crippen molar-refractivity contribution in [1.82, 2.24) is 10.3 Å². The number of carbonyl (C=O) groups excluding carboxylic acids is 1. The van der Waals surface area contributed by atoms with Gasteiger partial charge in [-0.05, 0) is 30.9 Å². The van der Waals surface area contributed by atoms with Gasteiger partial charge >= 0.3 is 6.03 Å². The van der Waals surface area contributed by atoms with Gasteiger partial charge in [0.1, 0.15) is 0 Å². The predicted molar refractivity (Wildman–Crippen MR) is 111 cm³/mol. The monoisotopic (exact) mass is 363 g/mol. The summed E-state index contributed by atoms with van der Waals surface area (Å²) in [5.41, 5.74) is 3.45. The maximum atomic E-state index is 12.8. The number of hydrazone groups is 1. The predicted octanol–water partition coefficient (Wildman–Crippen LogP) is 5.49. The minimum atomic E-state index is -0.127. The van der Waals surface area contributed by atoms with Gasteiger partial charge in [0, 0.05) is 11.6 Å². The minimum Gasteiger partial charge on any atom is -0.330 e. The van der Waals surface area contributed by atoms with E-state index in [0.29, 0.717) is 6.54 Å². The molecular formula is C23H29N3O. The molecule has 0 bridgehead atoms. The summed E-state index contributed by atoms with van der Waals surface area (Å²) in [5, 5.41) is 9.39. The Hall–Kier alpha value is -2.62. The van der Waals surface area contributed by atoms with E-state index >= 15 is 0 Å². The van der Waals surface area contributed by atoms with Crippen molar-refractivity contribution in [2.75, 3.05) is 6.54 Å². The van der Waals surface area contributed by atoms with Crippen molar-refractivity contribution in [3.8, 4) is 0 Å². The standard InChI is InChI=1S/C23H29N3O/c1-3-4-7-16-22-21(20-14-10-6-11-15-20)17-26(25-22)23(27)24-18(2)19-12-8-5-9-13-19/h5-6,8-15,18,21H,3-4,7,16-17H2,1-2H3,(H,24,27). The summed E-state index contributed by atoms with van der Waals surface area (Å²) in [6.07, 6.45) is 4.44. The van der Waals surface area contributed by atoms with Gasteiger partial charge in [0.2, 0.25) is 0 Å². The van der Waals surface area contributed by atoms with Crippen LogP contribution >= 0.6 is 0 Å². The van der Waals surface area contributed by atoms with E-state index in [1.54, 1.807) is 5.01 Å². The molecule has 1 N–H and O–H groups in total. The lowest BCUT2D eigenvalue weighted by atomic mass is 9.92. The lowest BCUT2D eigenvalue weighted by molar-refractivity contribution is 0.200. The van der Waals surface area contributed by atoms with Gasteiger partial charge in [0.25, 0.3) is 0 Å². The molecule has 3 rings (SSSR count). The van der Waals surface area contributed by atoms with Gasteiger partial charge in [0.15, 0.2) is 0 Å². The summed E-state index contributed by atoms with van der Waals surface area (Å²) in [4.78, 5) is 12.8. The summed E-state index contributed by atoms with van der Waals surface area (Å²) in [6, 6.07) is 20.2. The molecule has 1 aliphatic heterocycles. The number of unbranched alkanes of at least 4 members (excludes halogenated alkanes) is 2. The molecule has 0 fully saturated rings. The Balaban J connectivity index is 1.70. The number of hydrogen-bond acceptors (Lipinski definition) is 2. The Morgan fingerprint density at radius 3 is 2.44 bits per heavy atom. The van der Waals surface area contributed by atoms with E-state index in [9.17, 15) is 4.79 Å². The average Bonchev–Trinajstić information content (AvgIpc) is 3.14. The molecule has 0 aliphatic carbocycles. The first-order chi connectivity index (χ1) is 13.2. The van der Waals surface area contributed by atoms with Crippen LogP contribution in [0.2, 0.25) is 0 Å². The number of nitrogens with one attached hydrogen (secondary N) is 1. The summed E-state index contributed by atoms with van der Waals surface area (Å²) in [7, 11) is 0. The fourth-order valence-corrected chi connectivity index (χ4v) is 3.52. The minimum absolute atomic E-state index is 0.0479. The van der Waals surface area contributed by atoms with Crippen LogP contribution < -0.4 is 5.32 Å². The highest BCUT2D eigenvalue weighted by Crippen LogP contribution is 2.28. The van der Waals surface area contributed by atoms with Crippen molar-refractivity contribution in [3.05, 3.63) is 71.8 Å². The quantitative estimate of drug-likeness (QED) is 0.649. The van der Waals surface area contributed by atoms with E-state index in [1.165, 1.54) is 18.4 Å². The molecule has 0 aromatic heterocycles. The highest BCUT2D eigenvalue weighted by Gasteiger charge is 2.31. The largest absolute Gasteiger partial charge is 0.338 e. The molecular weight excluding hydrogens is 334 g/mol. The SMILES string of the molecule is CCCCCC1=NN(C(=O)NC(C)c2ccccc2)CC1c1ccccc1. The number of carbonyl (C=O) groups is 1. The van der Waals surface area contributed by atoms with Crippen molar-refractivity contribution < 1.29 is 4.79 Å². The number of benzene rings is 2. The third kappa shape index (κ3) is 4.97. The molecule has 2 aromatic rings. The lowest BCUT2D eigenvalue weighted by Gasteiger charge is -2.19. The molecule has 2 amide bonds. The average molecular weight is 364 g/mol. The fraction of sp³-hybridized carbons (Fsp3) is 0.391. The Morgan fingerprint density at radius 2 is 1.78 bits per heavy atom. The molecule has 0 radical (unpaired) electrons. The van der Waals surface area contributed by atoms with Crippen LogP contribution in [-0.2, 0) is 0 Å². The first kappa shape index (κ1) is 19.2. The number of rotatable bonds is 7. The number of urea groups is 1. The molecule has 0 saturated heterocycles. The van der Waals surface area contributed by atoms with Crippen molar-refractivity contribution >= 4 is 11.7 Å². The number of amides is 2. The zero-order valence-electron chi connectivity index (χ0n) is 16.3. The topological polar surface area (TPSA) is 44.7 Å². The van der Waals surface area contributed by atoms with E-state index in [-0.39, 0.29) is 18.0 Å². The van der Waals surface area contributed by atoms with Gasteiger partial charge in [-0.25, -0.2) is 9.80 Å². The fourth-order valence-electron chi connectivity index (χ4n) is 3.52. The maximum absolute atomic E-state index is 12.8. The normalized spacial score (nSPS) is 17.5. The summed E-state index contributed by atoms with van der Waals surface area (Å²) in [5.74, 6) is 0.195. The summed E-state index contributed by atoms with van der Waals surface area (Å²) < 4.78 is 0. The molecule has 2 atom stereocenters. The smallest absolute Gasteiger partial charge is 0.330 e. The van der Waals surface area contributed by atoms with Crippen LogP contribution in [0.25, 0.3) is 0 Å². The van der Waals surface area contributed by atoms with Crippen LogP contribution in [0, 0.1) is 0 Å². The molecule has 2 aromatic carbocycles. The maximum Gasteiger partial charge on any atom is 0.338 e. The van der Waals surface area contributed by atoms with Crippen molar-refractivity contribution in [1.29, 1.82) is 0 Å². The van der Waals surface area contributed by atoms with Crippen molar-refractivity contribution in [2.45, 2.75) is 51.5 Å². The third-order valence-electron chi connectivity index (χ3n) is 5.12. The van der Waals surface area contributed by atoms with Gasteiger partial charge in [0.05, 0.1) is 12.6 Å². The molecule has 1 heterocycles. The van der Waals surface area contributed by atoms with Gasteiger partial charge in [-0.1, -0.05) is 80.4 Å². The molecule has 27 heavy (non-hydrogen) atoms. The Labute approximate surface area is 162 Å². The Morgan fingerprint density at radius 1 is 1.11 bits per heavy atom. The zero-order chi connectivity index (χ0) is 19.1. The highest BCUT2D eigenvalue weighted by molar-refractivity contribution is 5.94. The second-order valence-corrected chi connectivity index (χ2v) is 7.18. The van der Waals surface area contributed by atoms with E-state index in [0.717, 1.165) is 24.1 Å². The van der Waals surface area contributed by atoms with Crippen molar-refractivity contribution in [3.63, 3.8) is 0 Å². The van der Waals surface area contributed by atoms with E-state index in [4.69, 9.17) is 5.10 Å². The summed E-state index contributed by atoms with van der Waals surface area (Å²) in [6.45, 7) is 4.82. The molecule has 2 unspecified atom stereocenters. The number of nitrogens with zero attached hydrogens (tertiary/aromatic N) is 2. The molecule has 0 saturated carbocycles. The van der Waals surface area contributed by atoms with Crippen LogP contribution in [0.5, 0.6) is 0 Å². The van der Waals surface area contributed by atoms with Crippen LogP contribution in [-0.4, -0.2) is 23.3 Å². The van der Waals surface area contributed by atoms with Crippen molar-refractivity contribution in [2.24, 2.45) is 5.10 Å². The molecule has 4 heteroatoms. The molecule has 4 nitrogen and oxygen atoms in total. The van der Waals surface area contributed by atoms with Gasteiger partial charge in [-0.2, -0.15) is 5.10 Å².